The van der Waals surface area contributed by atoms with E-state index in [4.69, 9.17) is 33.1 Å². The predicted octanol–water partition coefficient (Wildman–Crippen LogP) is 5.43. The largest absolute Gasteiger partial charge is 0.394 e. The molecule has 2 heterocycles. The number of anilines is 1. The van der Waals surface area contributed by atoms with E-state index in [1.165, 1.54) is 11.8 Å². The molecule has 2 N–H and O–H groups in total. The number of aliphatic hydroxyl groups is 1. The molecule has 8 heteroatoms. The first-order chi connectivity index (χ1) is 14.7. The Kier molecular flexibility index (Phi) is 14.7. The van der Waals surface area contributed by atoms with Gasteiger partial charge in [-0.05, 0) is 50.1 Å². The monoisotopic (exact) mass is 465 g/mol. The van der Waals surface area contributed by atoms with E-state index in [1.54, 1.807) is 26.0 Å². The van der Waals surface area contributed by atoms with Crippen LogP contribution in [-0.2, 0) is 18.3 Å². The van der Waals surface area contributed by atoms with E-state index in [0.29, 0.717) is 10.7 Å². The zero-order chi connectivity index (χ0) is 23.8. The van der Waals surface area contributed by atoms with Crippen LogP contribution in [0.15, 0.2) is 61.1 Å². The molecule has 0 saturated heterocycles. The van der Waals surface area contributed by atoms with Crippen LogP contribution in [0.4, 0.5) is 5.69 Å². The van der Waals surface area contributed by atoms with Gasteiger partial charge in [0.05, 0.1) is 10.7 Å². The smallest absolute Gasteiger partial charge is 0.274 e. The second-order valence-corrected chi connectivity index (χ2v) is 7.26. The van der Waals surface area contributed by atoms with Gasteiger partial charge in [0.15, 0.2) is 0 Å². The molecule has 168 valence electrons. The van der Waals surface area contributed by atoms with Gasteiger partial charge in [-0.25, -0.2) is 4.98 Å². The number of amides is 1. The lowest BCUT2D eigenvalue weighted by Crippen LogP contribution is -2.12. The van der Waals surface area contributed by atoms with Crippen LogP contribution < -0.4 is 5.32 Å². The Morgan fingerprint density at radius 3 is 2.19 bits per heavy atom. The fourth-order valence-electron chi connectivity index (χ4n) is 2.07. The Balaban J connectivity index is 0.000000506. The first kappa shape index (κ1) is 28.3. The highest BCUT2D eigenvalue weighted by Gasteiger charge is 2.07. The lowest BCUT2D eigenvalue weighted by Gasteiger charge is -2.01. The lowest BCUT2D eigenvalue weighted by atomic mass is 10.2. The SMILES string of the molecule is C=O.CC(C)O.CCc1ccccc1Cl.Cn1ccc(NC(=O)c2ccc(Cl)cn2)c1. The molecular formula is C23H29Cl2N3O3. The number of carbonyl (C=O) groups is 2. The van der Waals surface area contributed by atoms with E-state index in [-0.39, 0.29) is 12.0 Å². The van der Waals surface area contributed by atoms with Crippen LogP contribution in [0.1, 0.15) is 36.8 Å². The Bertz CT molecular complexity index is 894. The number of rotatable bonds is 3. The summed E-state index contributed by atoms with van der Waals surface area (Å²) in [5.41, 5.74) is 2.30. The van der Waals surface area contributed by atoms with E-state index in [2.05, 4.69) is 17.2 Å². The maximum absolute atomic E-state index is 11.7. The third-order valence-electron chi connectivity index (χ3n) is 3.39. The van der Waals surface area contributed by atoms with Crippen LogP contribution in [0.5, 0.6) is 0 Å². The van der Waals surface area contributed by atoms with Crippen LogP contribution in [0.25, 0.3) is 0 Å². The van der Waals surface area contributed by atoms with E-state index >= 15 is 0 Å². The molecular weight excluding hydrogens is 437 g/mol. The van der Waals surface area contributed by atoms with Crippen LogP contribution in [0, 0.1) is 0 Å². The normalized spacial score (nSPS) is 9.29. The topological polar surface area (TPSA) is 84.2 Å². The third-order valence-corrected chi connectivity index (χ3v) is 3.98. The van der Waals surface area contributed by atoms with Gasteiger partial charge in [-0.1, -0.05) is 48.3 Å². The van der Waals surface area contributed by atoms with Crippen molar-refractivity contribution in [2.75, 3.05) is 5.32 Å². The highest BCUT2D eigenvalue weighted by molar-refractivity contribution is 6.31. The molecule has 0 atom stereocenters. The number of hydrogen-bond acceptors (Lipinski definition) is 4. The molecule has 6 nitrogen and oxygen atoms in total. The highest BCUT2D eigenvalue weighted by Crippen LogP contribution is 2.14. The summed E-state index contributed by atoms with van der Waals surface area (Å²) in [5.74, 6) is -0.247. The minimum atomic E-state index is -0.247. The van der Waals surface area contributed by atoms with E-state index in [1.807, 2.05) is 61.1 Å². The molecule has 0 radical (unpaired) electrons. The summed E-state index contributed by atoms with van der Waals surface area (Å²) in [7, 11) is 1.89. The Morgan fingerprint density at radius 2 is 1.77 bits per heavy atom. The zero-order valence-corrected chi connectivity index (χ0v) is 19.7. The van der Waals surface area contributed by atoms with Crippen LogP contribution in [-0.4, -0.2) is 33.5 Å². The molecule has 3 aromatic rings. The number of pyridine rings is 1. The average Bonchev–Trinajstić information content (AvgIpc) is 3.15. The number of halogens is 2. The summed E-state index contributed by atoms with van der Waals surface area (Å²) >= 11 is 11.5. The molecule has 0 saturated carbocycles. The van der Waals surface area contributed by atoms with Crippen LogP contribution in [0.2, 0.25) is 10.0 Å². The molecule has 0 bridgehead atoms. The Labute approximate surface area is 193 Å². The molecule has 3 rings (SSSR count). The maximum atomic E-state index is 11.7. The first-order valence-electron chi connectivity index (χ1n) is 9.48. The molecule has 31 heavy (non-hydrogen) atoms. The quantitative estimate of drug-likeness (QED) is 0.539. The summed E-state index contributed by atoms with van der Waals surface area (Å²) in [6, 6.07) is 12.9. The van der Waals surface area contributed by atoms with Crippen molar-refractivity contribution < 1.29 is 14.7 Å². The van der Waals surface area contributed by atoms with Gasteiger partial charge < -0.3 is 19.8 Å². The number of hydrogen-bond donors (Lipinski definition) is 2. The minimum absolute atomic E-state index is 0.167. The van der Waals surface area contributed by atoms with E-state index < -0.39 is 0 Å². The number of nitrogens with zero attached hydrogens (tertiary/aromatic N) is 2. The molecule has 1 amide bonds. The van der Waals surface area contributed by atoms with E-state index in [9.17, 15) is 4.79 Å². The second-order valence-electron chi connectivity index (χ2n) is 6.42. The van der Waals surface area contributed by atoms with Crippen molar-refractivity contribution in [2.45, 2.75) is 33.3 Å². The molecule has 0 aliphatic rings. The van der Waals surface area contributed by atoms with Crippen molar-refractivity contribution in [3.63, 3.8) is 0 Å². The number of nitrogens with one attached hydrogen (secondary N) is 1. The molecule has 0 aliphatic heterocycles. The molecule has 1 aromatic carbocycles. The minimum Gasteiger partial charge on any atom is -0.394 e. The van der Waals surface area contributed by atoms with Crippen molar-refractivity contribution >= 4 is 41.6 Å². The number of aromatic nitrogens is 2. The first-order valence-corrected chi connectivity index (χ1v) is 10.2. The Hall–Kier alpha value is -2.67. The van der Waals surface area contributed by atoms with Gasteiger partial charge in [-0.2, -0.15) is 0 Å². The molecule has 0 aliphatic carbocycles. The number of benzene rings is 1. The summed E-state index contributed by atoms with van der Waals surface area (Å²) in [6.07, 6.45) is 5.96. The van der Waals surface area contributed by atoms with Gasteiger partial charge in [0.2, 0.25) is 0 Å². The fourth-order valence-corrected chi connectivity index (χ4v) is 2.45. The fraction of sp³-hybridized carbons (Fsp3) is 0.261. The molecule has 0 spiro atoms. The predicted molar refractivity (Wildman–Crippen MR) is 128 cm³/mol. The number of aliphatic hydroxyl groups excluding tert-OH is 1. The van der Waals surface area contributed by atoms with Gasteiger partial charge in [0.1, 0.15) is 12.5 Å². The van der Waals surface area contributed by atoms with Gasteiger partial charge in [-0.3, -0.25) is 4.79 Å². The molecule has 2 aromatic heterocycles. The second kappa shape index (κ2) is 16.1. The van der Waals surface area contributed by atoms with Gasteiger partial charge in [0, 0.05) is 36.8 Å². The highest BCUT2D eigenvalue weighted by atomic mass is 35.5. The third kappa shape index (κ3) is 12.6. The van der Waals surface area contributed by atoms with Crippen molar-refractivity contribution in [3.05, 3.63) is 82.4 Å². The summed E-state index contributed by atoms with van der Waals surface area (Å²) < 4.78 is 1.85. The average molecular weight is 466 g/mol. The standard InChI is InChI=1S/C11H10ClN3O.C8H9Cl.C3H8O.CH2O/c1-15-5-4-9(7-15)14-11(16)10-3-2-8(12)6-13-10;1-2-7-5-3-4-6-8(7)9;1-3(2)4;1-2/h2-7H,1H3,(H,14,16);3-6H,2H2,1H3;3-4H,1-2H3;1H2. The Morgan fingerprint density at radius 1 is 1.16 bits per heavy atom. The summed E-state index contributed by atoms with van der Waals surface area (Å²) in [4.78, 5) is 23.6. The van der Waals surface area contributed by atoms with Crippen molar-refractivity contribution in [1.29, 1.82) is 0 Å². The number of carbonyl (C=O) groups excluding carboxylic acids is 2. The summed E-state index contributed by atoms with van der Waals surface area (Å²) in [5, 5.41) is 12.2. The van der Waals surface area contributed by atoms with Crippen LogP contribution in [0.3, 0.4) is 0 Å². The van der Waals surface area contributed by atoms with Gasteiger partial charge in [0.25, 0.3) is 5.91 Å². The van der Waals surface area contributed by atoms with Crippen LogP contribution >= 0.6 is 23.2 Å². The summed E-state index contributed by atoms with van der Waals surface area (Å²) in [6.45, 7) is 7.54. The zero-order valence-electron chi connectivity index (χ0n) is 18.2. The number of aryl methyl sites for hydroxylation is 2. The van der Waals surface area contributed by atoms with Crippen molar-refractivity contribution in [3.8, 4) is 0 Å². The lowest BCUT2D eigenvalue weighted by molar-refractivity contribution is -0.0980. The van der Waals surface area contributed by atoms with Crippen molar-refractivity contribution in [2.24, 2.45) is 7.05 Å². The molecule has 0 fully saturated rings. The maximum Gasteiger partial charge on any atom is 0.274 e. The van der Waals surface area contributed by atoms with E-state index in [0.717, 1.165) is 17.1 Å². The molecule has 0 unspecified atom stereocenters. The van der Waals surface area contributed by atoms with Crippen molar-refractivity contribution in [1.82, 2.24) is 9.55 Å². The van der Waals surface area contributed by atoms with Gasteiger partial charge in [-0.15, -0.1) is 0 Å². The van der Waals surface area contributed by atoms with Gasteiger partial charge >= 0.3 is 0 Å².